The SMILES string of the molecule is CN(Cc1ccccc1F)C(=O)c1ccc(Cl)c(S(N)(=O)=O)c1. The van der Waals surface area contributed by atoms with Gasteiger partial charge in [0.15, 0.2) is 0 Å². The molecular formula is C15H14ClFN2O3S. The number of carbonyl (C=O) groups is 1. The fourth-order valence-electron chi connectivity index (χ4n) is 2.03. The first-order chi connectivity index (χ1) is 10.7. The maximum absolute atomic E-state index is 13.6. The number of benzene rings is 2. The number of rotatable bonds is 4. The smallest absolute Gasteiger partial charge is 0.253 e. The van der Waals surface area contributed by atoms with Crippen molar-refractivity contribution in [3.63, 3.8) is 0 Å². The van der Waals surface area contributed by atoms with Crippen molar-refractivity contribution in [1.29, 1.82) is 0 Å². The molecule has 0 radical (unpaired) electrons. The Bertz CT molecular complexity index is 856. The molecule has 2 rings (SSSR count). The van der Waals surface area contributed by atoms with Crippen LogP contribution < -0.4 is 5.14 Å². The van der Waals surface area contributed by atoms with E-state index in [1.54, 1.807) is 18.2 Å². The molecule has 122 valence electrons. The van der Waals surface area contributed by atoms with E-state index in [1.165, 1.54) is 30.1 Å². The summed E-state index contributed by atoms with van der Waals surface area (Å²) in [6, 6.07) is 9.86. The second-order valence-corrected chi connectivity index (χ2v) is 6.88. The van der Waals surface area contributed by atoms with Gasteiger partial charge in [0.05, 0.1) is 5.02 Å². The average molecular weight is 357 g/mol. The van der Waals surface area contributed by atoms with E-state index in [0.29, 0.717) is 5.56 Å². The summed E-state index contributed by atoms with van der Waals surface area (Å²) < 4.78 is 36.5. The van der Waals surface area contributed by atoms with Crippen LogP contribution in [0.5, 0.6) is 0 Å². The summed E-state index contributed by atoms with van der Waals surface area (Å²) in [6.45, 7) is 0.0405. The third-order valence-corrected chi connectivity index (χ3v) is 4.59. The van der Waals surface area contributed by atoms with Crippen LogP contribution in [-0.4, -0.2) is 26.3 Å². The number of halogens is 2. The molecule has 0 aliphatic rings. The summed E-state index contributed by atoms with van der Waals surface area (Å²) in [4.78, 5) is 13.3. The van der Waals surface area contributed by atoms with E-state index >= 15 is 0 Å². The molecule has 0 aromatic heterocycles. The lowest BCUT2D eigenvalue weighted by Crippen LogP contribution is -2.27. The van der Waals surface area contributed by atoms with Crippen LogP contribution >= 0.6 is 11.6 Å². The third kappa shape index (κ3) is 4.07. The minimum Gasteiger partial charge on any atom is -0.337 e. The number of hydrogen-bond donors (Lipinski definition) is 1. The summed E-state index contributed by atoms with van der Waals surface area (Å²) in [5, 5.41) is 4.99. The number of nitrogens with two attached hydrogens (primary N) is 1. The fourth-order valence-corrected chi connectivity index (χ4v) is 3.10. The van der Waals surface area contributed by atoms with Gasteiger partial charge in [-0.25, -0.2) is 17.9 Å². The molecule has 0 bridgehead atoms. The zero-order valence-electron chi connectivity index (χ0n) is 12.2. The highest BCUT2D eigenvalue weighted by Gasteiger charge is 2.19. The molecule has 0 saturated heterocycles. The van der Waals surface area contributed by atoms with Gasteiger partial charge in [0, 0.05) is 24.7 Å². The van der Waals surface area contributed by atoms with Crippen LogP contribution in [0.3, 0.4) is 0 Å². The van der Waals surface area contributed by atoms with Crippen molar-refractivity contribution in [2.24, 2.45) is 5.14 Å². The van der Waals surface area contributed by atoms with Crippen molar-refractivity contribution in [3.05, 3.63) is 64.4 Å². The fraction of sp³-hybridized carbons (Fsp3) is 0.133. The summed E-state index contributed by atoms with van der Waals surface area (Å²) in [6.07, 6.45) is 0. The van der Waals surface area contributed by atoms with E-state index in [9.17, 15) is 17.6 Å². The van der Waals surface area contributed by atoms with Crippen molar-refractivity contribution >= 4 is 27.5 Å². The summed E-state index contributed by atoms with van der Waals surface area (Å²) in [7, 11) is -2.56. The molecule has 2 N–H and O–H groups in total. The Balaban J connectivity index is 2.28. The number of amides is 1. The summed E-state index contributed by atoms with van der Waals surface area (Å²) in [5.41, 5.74) is 0.446. The quantitative estimate of drug-likeness (QED) is 0.913. The normalized spacial score (nSPS) is 11.3. The lowest BCUT2D eigenvalue weighted by atomic mass is 10.1. The molecule has 0 unspecified atom stereocenters. The molecule has 0 atom stereocenters. The molecule has 0 aliphatic carbocycles. The Hall–Kier alpha value is -1.96. The lowest BCUT2D eigenvalue weighted by Gasteiger charge is -2.18. The average Bonchev–Trinajstić information content (AvgIpc) is 2.48. The van der Waals surface area contributed by atoms with Gasteiger partial charge in [-0.15, -0.1) is 0 Å². The highest BCUT2D eigenvalue weighted by atomic mass is 35.5. The summed E-state index contributed by atoms with van der Waals surface area (Å²) in [5.74, 6) is -0.900. The zero-order valence-corrected chi connectivity index (χ0v) is 13.7. The number of carbonyl (C=O) groups excluding carboxylic acids is 1. The van der Waals surface area contributed by atoms with Gasteiger partial charge in [-0.3, -0.25) is 4.79 Å². The van der Waals surface area contributed by atoms with Crippen LogP contribution in [0.25, 0.3) is 0 Å². The van der Waals surface area contributed by atoms with Crippen molar-refractivity contribution in [2.75, 3.05) is 7.05 Å². The molecule has 0 fully saturated rings. The maximum atomic E-state index is 13.6. The molecule has 5 nitrogen and oxygen atoms in total. The van der Waals surface area contributed by atoms with Crippen LogP contribution in [-0.2, 0) is 16.6 Å². The van der Waals surface area contributed by atoms with Crippen molar-refractivity contribution in [2.45, 2.75) is 11.4 Å². The van der Waals surface area contributed by atoms with Gasteiger partial charge in [-0.05, 0) is 24.3 Å². The topological polar surface area (TPSA) is 80.5 Å². The number of nitrogens with zero attached hydrogens (tertiary/aromatic N) is 1. The second-order valence-electron chi connectivity index (χ2n) is 4.94. The zero-order chi connectivity index (χ0) is 17.2. The molecule has 0 heterocycles. The molecule has 0 spiro atoms. The van der Waals surface area contributed by atoms with Crippen LogP contribution in [0.2, 0.25) is 5.02 Å². The minimum absolute atomic E-state index is 0.0405. The molecule has 8 heteroatoms. The number of hydrogen-bond acceptors (Lipinski definition) is 3. The van der Waals surface area contributed by atoms with Crippen LogP contribution in [0.15, 0.2) is 47.4 Å². The van der Waals surface area contributed by atoms with Gasteiger partial charge in [-0.2, -0.15) is 0 Å². The van der Waals surface area contributed by atoms with E-state index in [2.05, 4.69) is 0 Å². The predicted molar refractivity (Wildman–Crippen MR) is 85.0 cm³/mol. The van der Waals surface area contributed by atoms with Gasteiger partial charge in [0.25, 0.3) is 5.91 Å². The third-order valence-electron chi connectivity index (χ3n) is 3.20. The monoisotopic (exact) mass is 356 g/mol. The maximum Gasteiger partial charge on any atom is 0.253 e. The van der Waals surface area contributed by atoms with Crippen molar-refractivity contribution in [3.8, 4) is 0 Å². The Kier molecular flexibility index (Phi) is 5.03. The first kappa shape index (κ1) is 17.4. The minimum atomic E-state index is -4.04. The van der Waals surface area contributed by atoms with E-state index in [1.807, 2.05) is 0 Å². The van der Waals surface area contributed by atoms with Gasteiger partial charge < -0.3 is 4.90 Å². The molecule has 2 aromatic rings. The van der Waals surface area contributed by atoms with Gasteiger partial charge >= 0.3 is 0 Å². The Labute approximate surface area is 138 Å². The highest BCUT2D eigenvalue weighted by Crippen LogP contribution is 2.22. The Morgan fingerprint density at radius 1 is 1.26 bits per heavy atom. The molecule has 1 amide bonds. The standard InChI is InChI=1S/C15H14ClFN2O3S/c1-19(9-11-4-2-3-5-13(11)17)15(20)10-6-7-12(16)14(8-10)23(18,21)22/h2-8H,9H2,1H3,(H2,18,21,22). The van der Waals surface area contributed by atoms with Crippen molar-refractivity contribution in [1.82, 2.24) is 4.90 Å². The van der Waals surface area contributed by atoms with Gasteiger partial charge in [0.1, 0.15) is 10.7 Å². The molecule has 0 saturated carbocycles. The van der Waals surface area contributed by atoms with E-state index < -0.39 is 21.7 Å². The van der Waals surface area contributed by atoms with Crippen LogP contribution in [0.4, 0.5) is 4.39 Å². The van der Waals surface area contributed by atoms with E-state index in [-0.39, 0.29) is 22.0 Å². The largest absolute Gasteiger partial charge is 0.337 e. The molecular weight excluding hydrogens is 343 g/mol. The predicted octanol–water partition coefficient (Wildman–Crippen LogP) is 2.40. The highest BCUT2D eigenvalue weighted by molar-refractivity contribution is 7.89. The van der Waals surface area contributed by atoms with Crippen LogP contribution in [0.1, 0.15) is 15.9 Å². The van der Waals surface area contributed by atoms with Crippen LogP contribution in [0, 0.1) is 5.82 Å². The summed E-state index contributed by atoms with van der Waals surface area (Å²) >= 11 is 5.78. The molecule has 23 heavy (non-hydrogen) atoms. The van der Waals surface area contributed by atoms with Gasteiger partial charge in [-0.1, -0.05) is 29.8 Å². The van der Waals surface area contributed by atoms with Gasteiger partial charge in [0.2, 0.25) is 10.0 Å². The Morgan fingerprint density at radius 2 is 1.91 bits per heavy atom. The number of primary sulfonamides is 1. The second kappa shape index (κ2) is 6.66. The van der Waals surface area contributed by atoms with E-state index in [4.69, 9.17) is 16.7 Å². The first-order valence-corrected chi connectivity index (χ1v) is 8.44. The van der Waals surface area contributed by atoms with E-state index in [0.717, 1.165) is 6.07 Å². The van der Waals surface area contributed by atoms with Crippen molar-refractivity contribution < 1.29 is 17.6 Å². The lowest BCUT2D eigenvalue weighted by molar-refractivity contribution is 0.0783. The molecule has 0 aliphatic heterocycles. The Morgan fingerprint density at radius 3 is 2.52 bits per heavy atom. The molecule has 2 aromatic carbocycles. The number of sulfonamides is 1. The first-order valence-electron chi connectivity index (χ1n) is 6.51.